The molecule has 1 heterocycles. The predicted octanol–water partition coefficient (Wildman–Crippen LogP) is 3.22. The van der Waals surface area contributed by atoms with E-state index in [0.717, 1.165) is 10.6 Å². The van der Waals surface area contributed by atoms with E-state index >= 15 is 0 Å². The highest BCUT2D eigenvalue weighted by Gasteiger charge is 2.22. The first-order chi connectivity index (χ1) is 12.9. The van der Waals surface area contributed by atoms with Crippen LogP contribution in [0.4, 0.5) is 0 Å². The number of aromatic nitrogens is 1. The van der Waals surface area contributed by atoms with Crippen LogP contribution in [0.3, 0.4) is 0 Å². The Kier molecular flexibility index (Phi) is 5.81. The molecule has 27 heavy (non-hydrogen) atoms. The van der Waals surface area contributed by atoms with Crippen molar-refractivity contribution in [3.63, 3.8) is 0 Å². The third-order valence-electron chi connectivity index (χ3n) is 4.47. The highest BCUT2D eigenvalue weighted by molar-refractivity contribution is 7.15. The lowest BCUT2D eigenvalue weighted by Gasteiger charge is -2.23. The summed E-state index contributed by atoms with van der Waals surface area (Å²) in [6.07, 6.45) is 8.93. The van der Waals surface area contributed by atoms with E-state index in [9.17, 15) is 9.90 Å². The van der Waals surface area contributed by atoms with Crippen LogP contribution in [0.2, 0.25) is 0 Å². The summed E-state index contributed by atoms with van der Waals surface area (Å²) in [6.45, 7) is 1.95. The molecule has 0 aliphatic heterocycles. The van der Waals surface area contributed by atoms with Gasteiger partial charge in [-0.3, -0.25) is 4.79 Å². The maximum absolute atomic E-state index is 12.4. The van der Waals surface area contributed by atoms with Crippen LogP contribution in [0.25, 0.3) is 10.6 Å². The Morgan fingerprint density at radius 2 is 2.11 bits per heavy atom. The van der Waals surface area contributed by atoms with Gasteiger partial charge in [-0.1, -0.05) is 6.42 Å². The third-order valence-corrected chi connectivity index (χ3v) is 5.68. The van der Waals surface area contributed by atoms with E-state index in [1.54, 1.807) is 42.5 Å². The van der Waals surface area contributed by atoms with Crippen molar-refractivity contribution >= 4 is 17.2 Å². The molecule has 1 aliphatic carbocycles. The quantitative estimate of drug-likeness (QED) is 0.571. The number of allylic oxidation sites excluding steroid dienone is 3. The number of carbonyl (C=O) groups excluding carboxylic acids is 1. The van der Waals surface area contributed by atoms with Crippen LogP contribution in [-0.2, 0) is 0 Å². The lowest BCUT2D eigenvalue weighted by molar-refractivity contribution is 0.0956. The lowest BCUT2D eigenvalue weighted by Crippen LogP contribution is -2.27. The third kappa shape index (κ3) is 4.89. The molecule has 1 aromatic heterocycles. The Bertz CT molecular complexity index is 893. The van der Waals surface area contributed by atoms with E-state index in [0.29, 0.717) is 22.9 Å². The summed E-state index contributed by atoms with van der Waals surface area (Å²) < 4.78 is 0. The number of hydrogen-bond donors (Lipinski definition) is 4. The van der Waals surface area contributed by atoms with Gasteiger partial charge in [0.05, 0.1) is 6.54 Å². The molecule has 0 radical (unpaired) electrons. The normalized spacial score (nSPS) is 15.4. The minimum absolute atomic E-state index is 0.0308. The van der Waals surface area contributed by atoms with Crippen LogP contribution < -0.4 is 16.8 Å². The topological polar surface area (TPSA) is 114 Å². The molecule has 0 bridgehead atoms. The van der Waals surface area contributed by atoms with Gasteiger partial charge in [0.1, 0.15) is 10.8 Å². The van der Waals surface area contributed by atoms with Gasteiger partial charge >= 0.3 is 0 Å². The first kappa shape index (κ1) is 19.0. The SMILES string of the molecule is C/C(N)=C/C=C(\N)CNC(=O)c1cc(O)cc(-c2ncc(C3CCC3)s2)c1. The maximum atomic E-state index is 12.4. The fourth-order valence-electron chi connectivity index (χ4n) is 2.75. The number of aromatic hydroxyl groups is 1. The van der Waals surface area contributed by atoms with Crippen molar-refractivity contribution < 1.29 is 9.90 Å². The minimum atomic E-state index is -0.312. The Morgan fingerprint density at radius 1 is 1.33 bits per heavy atom. The van der Waals surface area contributed by atoms with E-state index < -0.39 is 0 Å². The molecular weight excluding hydrogens is 360 g/mol. The van der Waals surface area contributed by atoms with Gasteiger partial charge in [-0.2, -0.15) is 0 Å². The second-order valence-electron chi connectivity index (χ2n) is 6.80. The van der Waals surface area contributed by atoms with Gasteiger partial charge in [0, 0.05) is 33.6 Å². The summed E-state index contributed by atoms with van der Waals surface area (Å²) in [5.74, 6) is 0.327. The molecule has 6 nitrogen and oxygen atoms in total. The number of nitrogens with two attached hydrogens (primary N) is 2. The number of amides is 1. The smallest absolute Gasteiger partial charge is 0.251 e. The van der Waals surface area contributed by atoms with Crippen LogP contribution in [0, 0.1) is 0 Å². The number of phenolic OH excluding ortho intramolecular Hbond substituents is 1. The molecule has 0 unspecified atom stereocenters. The zero-order chi connectivity index (χ0) is 19.4. The van der Waals surface area contributed by atoms with Crippen LogP contribution in [0.1, 0.15) is 47.3 Å². The molecule has 1 amide bonds. The largest absolute Gasteiger partial charge is 0.508 e. The van der Waals surface area contributed by atoms with E-state index in [4.69, 9.17) is 11.5 Å². The highest BCUT2D eigenvalue weighted by atomic mass is 32.1. The number of benzene rings is 1. The van der Waals surface area contributed by atoms with Crippen molar-refractivity contribution in [1.29, 1.82) is 0 Å². The Balaban J connectivity index is 1.72. The Labute approximate surface area is 162 Å². The molecule has 7 heteroatoms. The summed E-state index contributed by atoms with van der Waals surface area (Å²) in [5.41, 5.74) is 13.6. The molecule has 142 valence electrons. The van der Waals surface area contributed by atoms with Crippen molar-refractivity contribution in [3.05, 3.63) is 58.4 Å². The number of nitrogens with one attached hydrogen (secondary N) is 1. The van der Waals surface area contributed by atoms with Crippen molar-refractivity contribution in [2.75, 3.05) is 6.54 Å². The summed E-state index contributed by atoms with van der Waals surface area (Å²) in [4.78, 5) is 18.2. The zero-order valence-electron chi connectivity index (χ0n) is 15.2. The van der Waals surface area contributed by atoms with Gasteiger partial charge in [0.2, 0.25) is 0 Å². The van der Waals surface area contributed by atoms with E-state index in [1.165, 1.54) is 30.2 Å². The number of phenols is 1. The number of thiazole rings is 1. The molecule has 1 aromatic carbocycles. The number of carbonyl (C=O) groups is 1. The van der Waals surface area contributed by atoms with Crippen LogP contribution >= 0.6 is 11.3 Å². The molecule has 0 spiro atoms. The van der Waals surface area contributed by atoms with Crippen molar-refractivity contribution in [1.82, 2.24) is 10.3 Å². The average molecular weight is 385 g/mol. The molecule has 1 saturated carbocycles. The number of hydrogen-bond acceptors (Lipinski definition) is 6. The molecule has 6 N–H and O–H groups in total. The highest BCUT2D eigenvalue weighted by Crippen LogP contribution is 2.41. The van der Waals surface area contributed by atoms with Gasteiger partial charge in [-0.25, -0.2) is 4.98 Å². The van der Waals surface area contributed by atoms with E-state index in [1.807, 2.05) is 6.20 Å². The lowest BCUT2D eigenvalue weighted by atomic mass is 9.85. The van der Waals surface area contributed by atoms with Crippen molar-refractivity contribution in [2.24, 2.45) is 11.5 Å². The molecule has 1 fully saturated rings. The molecule has 1 aliphatic rings. The predicted molar refractivity (Wildman–Crippen MR) is 108 cm³/mol. The average Bonchev–Trinajstić information content (AvgIpc) is 3.05. The monoisotopic (exact) mass is 384 g/mol. The van der Waals surface area contributed by atoms with Gasteiger partial charge in [0.25, 0.3) is 5.91 Å². The van der Waals surface area contributed by atoms with E-state index in [2.05, 4.69) is 10.3 Å². The fraction of sp³-hybridized carbons (Fsp3) is 0.300. The van der Waals surface area contributed by atoms with Gasteiger partial charge in [-0.15, -0.1) is 11.3 Å². The Morgan fingerprint density at radius 3 is 2.78 bits per heavy atom. The summed E-state index contributed by atoms with van der Waals surface area (Å²) in [5, 5.41) is 13.6. The van der Waals surface area contributed by atoms with Gasteiger partial charge in [-0.05, 0) is 56.0 Å². The number of rotatable bonds is 6. The van der Waals surface area contributed by atoms with E-state index in [-0.39, 0.29) is 18.2 Å². The van der Waals surface area contributed by atoms with Crippen molar-refractivity contribution in [2.45, 2.75) is 32.1 Å². The van der Waals surface area contributed by atoms with Crippen molar-refractivity contribution in [3.8, 4) is 16.3 Å². The molecule has 0 atom stereocenters. The first-order valence-corrected chi connectivity index (χ1v) is 9.71. The summed E-state index contributed by atoms with van der Waals surface area (Å²) >= 11 is 1.63. The van der Waals surface area contributed by atoms with Crippen LogP contribution in [-0.4, -0.2) is 22.5 Å². The number of nitrogens with zero attached hydrogens (tertiary/aromatic N) is 1. The molecule has 3 rings (SSSR count). The fourth-order valence-corrected chi connectivity index (χ4v) is 3.82. The van der Waals surface area contributed by atoms with Crippen LogP contribution in [0.15, 0.2) is 47.9 Å². The Hall–Kier alpha value is -2.80. The van der Waals surface area contributed by atoms with Crippen LogP contribution in [0.5, 0.6) is 5.75 Å². The second kappa shape index (κ2) is 8.26. The maximum Gasteiger partial charge on any atom is 0.251 e. The molecule has 2 aromatic rings. The van der Waals surface area contributed by atoms with Gasteiger partial charge < -0.3 is 21.9 Å². The zero-order valence-corrected chi connectivity index (χ0v) is 16.1. The minimum Gasteiger partial charge on any atom is -0.508 e. The standard InChI is InChI=1S/C20H24N4O2S/c1-12(21)5-6-16(22)10-23-19(26)14-7-15(9-17(25)8-14)20-24-11-18(27-20)13-3-2-4-13/h5-9,11,13,25H,2-4,10,21-22H2,1H3,(H,23,26)/b12-5-,16-6-. The molecular formula is C20H24N4O2S. The molecule has 0 saturated heterocycles. The van der Waals surface area contributed by atoms with Gasteiger partial charge in [0.15, 0.2) is 0 Å². The summed E-state index contributed by atoms with van der Waals surface area (Å²) in [7, 11) is 0. The second-order valence-corrected chi connectivity index (χ2v) is 7.86. The first-order valence-electron chi connectivity index (χ1n) is 8.89. The summed E-state index contributed by atoms with van der Waals surface area (Å²) in [6, 6.07) is 4.80.